The van der Waals surface area contributed by atoms with Crippen LogP contribution < -0.4 is 0 Å². The summed E-state index contributed by atoms with van der Waals surface area (Å²) in [7, 11) is 0. The maximum Gasteiger partial charge on any atom is 0.306 e. The van der Waals surface area contributed by atoms with Gasteiger partial charge in [0.05, 0.1) is 13.2 Å². The quantitative estimate of drug-likeness (QED) is 0.0508. The maximum atomic E-state index is 12.9. The minimum absolute atomic E-state index is 0.0223. The molecule has 1 fully saturated rings. The van der Waals surface area contributed by atoms with Gasteiger partial charge in [-0.25, -0.2) is 0 Å². The van der Waals surface area contributed by atoms with Crippen molar-refractivity contribution in [3.63, 3.8) is 0 Å². The first-order valence-corrected chi connectivity index (χ1v) is 22.7. The molecule has 0 saturated carbocycles. The summed E-state index contributed by atoms with van der Waals surface area (Å²) in [5.74, 6) is 0.703. The molecule has 51 heavy (non-hydrogen) atoms. The number of likely N-dealkylation sites (tertiary alicyclic amines) is 1. The van der Waals surface area contributed by atoms with Crippen molar-refractivity contribution in [2.24, 2.45) is 5.92 Å². The average molecular weight is 722 g/mol. The van der Waals surface area contributed by atoms with Gasteiger partial charge >= 0.3 is 11.9 Å². The van der Waals surface area contributed by atoms with Gasteiger partial charge in [0.2, 0.25) is 0 Å². The number of piperidine rings is 1. The van der Waals surface area contributed by atoms with Gasteiger partial charge in [0.15, 0.2) is 0 Å². The molecule has 1 aliphatic heterocycles. The Hall–Kier alpha value is -1.14. The second-order valence-electron chi connectivity index (χ2n) is 16.1. The van der Waals surface area contributed by atoms with Gasteiger partial charge in [-0.1, -0.05) is 156 Å². The Labute approximate surface area is 317 Å². The van der Waals surface area contributed by atoms with Crippen LogP contribution in [0.3, 0.4) is 0 Å². The number of carbonyl (C=O) groups is 2. The third-order valence-corrected chi connectivity index (χ3v) is 11.3. The van der Waals surface area contributed by atoms with E-state index in [1.165, 1.54) is 148 Å². The first kappa shape index (κ1) is 47.9. The Morgan fingerprint density at radius 3 is 1.71 bits per heavy atom. The van der Waals surface area contributed by atoms with E-state index >= 15 is 0 Å². The summed E-state index contributed by atoms with van der Waals surface area (Å²) < 4.78 is 11.5. The Balaban J connectivity index is 2.27. The van der Waals surface area contributed by atoms with Gasteiger partial charge < -0.3 is 14.6 Å². The molecule has 0 amide bonds. The Bertz CT molecular complexity index is 760. The van der Waals surface area contributed by atoms with E-state index in [2.05, 4.69) is 25.7 Å². The van der Waals surface area contributed by atoms with Crippen LogP contribution in [0, 0.1) is 5.92 Å². The van der Waals surface area contributed by atoms with Gasteiger partial charge in [-0.05, 0) is 76.7 Å². The standard InChI is InChI=1S/C45H87NO5/c1-4-7-10-13-16-21-28-39-50-44(48)33-25-20-19-22-30-42-40-41(35-36-46(42)37-38-47)29-26-27-34-45(49)51-43(31-23-17-14-11-8-5-2)32-24-18-15-12-9-6-3/h41-43,47H,4-40H2,1-3H3. The molecule has 1 N–H and O–H groups in total. The zero-order valence-corrected chi connectivity index (χ0v) is 34.4. The van der Waals surface area contributed by atoms with E-state index in [0.717, 1.165) is 64.5 Å². The first-order chi connectivity index (χ1) is 25.0. The summed E-state index contributed by atoms with van der Waals surface area (Å²) in [6.07, 6.45) is 38.5. The van der Waals surface area contributed by atoms with Gasteiger partial charge in [0.1, 0.15) is 6.10 Å². The van der Waals surface area contributed by atoms with Gasteiger partial charge in [0.25, 0.3) is 0 Å². The molecule has 1 saturated heterocycles. The van der Waals surface area contributed by atoms with Crippen LogP contribution >= 0.6 is 0 Å². The van der Waals surface area contributed by atoms with Crippen molar-refractivity contribution in [3.8, 4) is 0 Å². The SMILES string of the molecule is CCCCCCCCCOC(=O)CCCCCCC1CC(CCCCC(=O)OC(CCCCCCCC)CCCCCCCC)CCN1CCO. The minimum atomic E-state index is -0.0281. The van der Waals surface area contributed by atoms with Crippen molar-refractivity contribution in [2.75, 3.05) is 26.3 Å². The predicted molar refractivity (Wildman–Crippen MR) is 216 cm³/mol. The summed E-state index contributed by atoms with van der Waals surface area (Å²) in [6.45, 7) is 9.42. The molecule has 0 aromatic heterocycles. The Morgan fingerprint density at radius 2 is 1.10 bits per heavy atom. The van der Waals surface area contributed by atoms with Crippen LogP contribution in [0.25, 0.3) is 0 Å². The van der Waals surface area contributed by atoms with E-state index in [-0.39, 0.29) is 24.6 Å². The number of ether oxygens (including phenoxy) is 2. The lowest BCUT2D eigenvalue weighted by atomic mass is 9.85. The number of β-amino-alcohol motifs (C(OH)–C–C–N with tert-alkyl or cyclic N) is 1. The average Bonchev–Trinajstić information content (AvgIpc) is 3.13. The molecular weight excluding hydrogens is 634 g/mol. The third-order valence-electron chi connectivity index (χ3n) is 11.3. The fourth-order valence-electron chi connectivity index (χ4n) is 8.00. The van der Waals surface area contributed by atoms with Crippen LogP contribution in [-0.4, -0.2) is 60.4 Å². The van der Waals surface area contributed by atoms with Crippen molar-refractivity contribution in [1.29, 1.82) is 0 Å². The van der Waals surface area contributed by atoms with Crippen LogP contribution in [0.1, 0.15) is 233 Å². The van der Waals surface area contributed by atoms with Gasteiger partial charge in [-0.3, -0.25) is 14.5 Å². The molecule has 302 valence electrons. The van der Waals surface area contributed by atoms with Crippen molar-refractivity contribution in [2.45, 2.75) is 245 Å². The smallest absolute Gasteiger partial charge is 0.306 e. The molecule has 0 radical (unpaired) electrons. The molecule has 2 atom stereocenters. The number of unbranched alkanes of at least 4 members (excludes halogenated alkanes) is 20. The van der Waals surface area contributed by atoms with Crippen LogP contribution in [0.4, 0.5) is 0 Å². The lowest BCUT2D eigenvalue weighted by Gasteiger charge is -2.39. The Morgan fingerprint density at radius 1 is 0.608 bits per heavy atom. The van der Waals surface area contributed by atoms with Crippen molar-refractivity contribution in [3.05, 3.63) is 0 Å². The fraction of sp³-hybridized carbons (Fsp3) is 0.956. The number of carbonyl (C=O) groups excluding carboxylic acids is 2. The monoisotopic (exact) mass is 722 g/mol. The highest BCUT2D eigenvalue weighted by atomic mass is 16.5. The number of nitrogens with zero attached hydrogens (tertiary/aromatic N) is 1. The number of aliphatic hydroxyl groups excluding tert-OH is 1. The highest BCUT2D eigenvalue weighted by molar-refractivity contribution is 5.69. The summed E-state index contributed by atoms with van der Waals surface area (Å²) >= 11 is 0. The van der Waals surface area contributed by atoms with Crippen LogP contribution in [0.2, 0.25) is 0 Å². The zero-order chi connectivity index (χ0) is 37.0. The van der Waals surface area contributed by atoms with Gasteiger partial charge in [0, 0.05) is 25.4 Å². The number of aliphatic hydroxyl groups is 1. The number of rotatable bonds is 37. The van der Waals surface area contributed by atoms with E-state index in [9.17, 15) is 14.7 Å². The van der Waals surface area contributed by atoms with Gasteiger partial charge in [-0.2, -0.15) is 0 Å². The van der Waals surface area contributed by atoms with Crippen LogP contribution in [0.5, 0.6) is 0 Å². The van der Waals surface area contributed by atoms with Gasteiger partial charge in [-0.15, -0.1) is 0 Å². The zero-order valence-electron chi connectivity index (χ0n) is 34.4. The third kappa shape index (κ3) is 29.0. The highest BCUT2D eigenvalue weighted by Gasteiger charge is 2.27. The highest BCUT2D eigenvalue weighted by Crippen LogP contribution is 2.30. The molecular formula is C45H87NO5. The van der Waals surface area contributed by atoms with Crippen molar-refractivity contribution in [1.82, 2.24) is 4.90 Å². The molecule has 0 aromatic rings. The topological polar surface area (TPSA) is 76.1 Å². The second-order valence-corrected chi connectivity index (χ2v) is 16.1. The Kier molecular flexibility index (Phi) is 33.7. The summed E-state index contributed by atoms with van der Waals surface area (Å²) in [5, 5.41) is 9.67. The molecule has 0 bridgehead atoms. The molecule has 6 nitrogen and oxygen atoms in total. The molecule has 2 unspecified atom stereocenters. The second kappa shape index (κ2) is 35.9. The van der Waals surface area contributed by atoms with Crippen LogP contribution in [-0.2, 0) is 19.1 Å². The summed E-state index contributed by atoms with van der Waals surface area (Å²) in [4.78, 5) is 27.5. The largest absolute Gasteiger partial charge is 0.466 e. The summed E-state index contributed by atoms with van der Waals surface area (Å²) in [5.41, 5.74) is 0. The molecule has 0 spiro atoms. The summed E-state index contributed by atoms with van der Waals surface area (Å²) in [6, 6.07) is 0.539. The molecule has 0 aliphatic carbocycles. The van der Waals surface area contributed by atoms with E-state index in [1.807, 2.05) is 0 Å². The minimum Gasteiger partial charge on any atom is -0.466 e. The van der Waals surface area contributed by atoms with E-state index in [0.29, 0.717) is 31.4 Å². The van der Waals surface area contributed by atoms with E-state index in [4.69, 9.17) is 9.47 Å². The molecule has 6 heteroatoms. The van der Waals surface area contributed by atoms with Crippen molar-refractivity contribution < 1.29 is 24.2 Å². The normalized spacial score (nSPS) is 16.6. The predicted octanol–water partition coefficient (Wildman–Crippen LogP) is 12.7. The lowest BCUT2D eigenvalue weighted by molar-refractivity contribution is -0.150. The number of hydrogen-bond acceptors (Lipinski definition) is 6. The van der Waals surface area contributed by atoms with Crippen molar-refractivity contribution >= 4 is 11.9 Å². The van der Waals surface area contributed by atoms with E-state index in [1.54, 1.807) is 0 Å². The first-order valence-electron chi connectivity index (χ1n) is 22.7. The molecule has 1 aliphatic rings. The van der Waals surface area contributed by atoms with E-state index < -0.39 is 0 Å². The molecule has 1 rings (SSSR count). The fourth-order valence-corrected chi connectivity index (χ4v) is 8.00. The lowest BCUT2D eigenvalue weighted by Crippen LogP contribution is -2.43. The molecule has 1 heterocycles. The maximum absolute atomic E-state index is 12.9. The number of esters is 2. The number of hydrogen-bond donors (Lipinski definition) is 1. The molecule has 0 aromatic carbocycles. The van der Waals surface area contributed by atoms with Crippen LogP contribution in [0.15, 0.2) is 0 Å².